The Morgan fingerprint density at radius 1 is 0.465 bits per heavy atom. The first-order chi connectivity index (χ1) is 46.4. The molecule has 0 fully saturated rings. The van der Waals surface area contributed by atoms with Crippen LogP contribution in [0.3, 0.4) is 0 Å². The summed E-state index contributed by atoms with van der Waals surface area (Å²) in [6.45, 7) is 41.7. The molecule has 0 radical (unpaired) electrons. The lowest BCUT2D eigenvalue weighted by molar-refractivity contribution is -0.244. The standard InChI is InChI=1S/C16H26.C15H18ClF5O2.C14H20F2O2.C14H22.C13H20O2S.C11H14F2O/c1-6-16(7-2,8-3)15-11-9-14(10-12-15)13(4)5;1-9(2)10-4-5-11(12(16)6-10)13(22-7-14(3,17)18)23-8-15(19,20)21;1-10(2)11-5-6-12(13(7-11)17-4)8-18-9-14(3,15)16;1-6-14(4,5)13-9-7-12(8-10-13)11(2)3;1-10(2)9-16(14,15)13-7-5-12(6-8-13)11(3)4;1-7(2)8-4-5-10(14)9(6-8)11(3,12)13/h9-13H,6-8H2,1-5H3;4-6,9,13H,7-8H2,1-3H3;5-7,10H,8-9H2,1-4H3;7-11H,6H2,1-5H3;5-8,10-11H,9H2,1-4H3;4-7,14H,1-3H3. The second kappa shape index (κ2) is 42.4. The summed E-state index contributed by atoms with van der Waals surface area (Å²) in [5.74, 6) is -5.86. The van der Waals surface area contributed by atoms with Crippen LogP contribution in [0, 0.1) is 5.92 Å². The van der Waals surface area contributed by atoms with E-state index in [-0.39, 0.29) is 52.0 Å². The number of phenolic OH excluding ortho intramolecular Hbond substituents is 1. The summed E-state index contributed by atoms with van der Waals surface area (Å²) in [5, 5.41) is 9.37. The molecule has 0 aliphatic heterocycles. The van der Waals surface area contributed by atoms with Crippen molar-refractivity contribution in [2.24, 2.45) is 5.92 Å². The normalized spacial score (nSPS) is 12.6. The third-order valence-corrected chi connectivity index (χ3v) is 19.9. The van der Waals surface area contributed by atoms with Gasteiger partial charge in [-0.3, -0.25) is 0 Å². The first kappa shape index (κ1) is 93.4. The summed E-state index contributed by atoms with van der Waals surface area (Å²) in [6, 6.07) is 40.3. The average molecular weight is 1470 g/mol. The molecule has 6 aromatic rings. The SMILES string of the molecule is CC(C)CS(=O)(=O)c1ccc(C(C)C)cc1.CC(C)c1ccc(C(OCC(C)(F)F)OCC(F)(F)F)c(Cl)c1.CC(C)c1ccc(O)c(C(C)(F)F)c1.CCC(C)(C)c1ccc(C(C)C)cc1.CCC(CC)(CC)c1ccc(C(C)C)cc1.COc1cc(C(C)C)ccc1COCC(C)(F)F. The molecule has 0 aliphatic carbocycles. The van der Waals surface area contributed by atoms with Gasteiger partial charge in [-0.05, 0) is 159 Å². The van der Waals surface area contributed by atoms with Crippen molar-refractivity contribution in [1.29, 1.82) is 0 Å². The zero-order valence-electron chi connectivity index (χ0n) is 64.7. The van der Waals surface area contributed by atoms with Gasteiger partial charge in [-0.1, -0.05) is 241 Å². The van der Waals surface area contributed by atoms with Gasteiger partial charge in [0.25, 0.3) is 17.8 Å². The van der Waals surface area contributed by atoms with Crippen molar-refractivity contribution >= 4 is 21.4 Å². The average Bonchev–Trinajstić information content (AvgIpc) is 0.850. The lowest BCUT2D eigenvalue weighted by Crippen LogP contribution is -2.25. The van der Waals surface area contributed by atoms with Crippen LogP contribution in [0.4, 0.5) is 39.5 Å². The van der Waals surface area contributed by atoms with Crippen LogP contribution in [-0.2, 0) is 47.4 Å². The molecule has 1 atom stereocenters. The lowest BCUT2D eigenvalue weighted by atomic mass is 9.73. The van der Waals surface area contributed by atoms with Gasteiger partial charge in [-0.2, -0.15) is 13.2 Å². The maximum Gasteiger partial charge on any atom is 0.411 e. The van der Waals surface area contributed by atoms with E-state index in [4.69, 9.17) is 25.8 Å². The van der Waals surface area contributed by atoms with Gasteiger partial charge in [0.1, 0.15) is 31.3 Å². The Hall–Kier alpha value is -5.59. The summed E-state index contributed by atoms with van der Waals surface area (Å²) in [6.07, 6.45) is -1.34. The second-order valence-corrected chi connectivity index (χ2v) is 31.7. The molecule has 7 nitrogen and oxygen atoms in total. The van der Waals surface area contributed by atoms with E-state index in [1.807, 2.05) is 71.9 Å². The number of rotatable bonds is 27. The maximum absolute atomic E-state index is 13.0. The minimum Gasteiger partial charge on any atom is -0.507 e. The molecular formula is C83H120ClF9O7S. The highest BCUT2D eigenvalue weighted by atomic mass is 35.5. The summed E-state index contributed by atoms with van der Waals surface area (Å²) >= 11 is 6.04. The topological polar surface area (TPSA) is 91.3 Å². The largest absolute Gasteiger partial charge is 0.507 e. The van der Waals surface area contributed by atoms with E-state index in [0.717, 1.165) is 36.1 Å². The molecule has 0 spiro atoms. The van der Waals surface area contributed by atoms with Gasteiger partial charge < -0.3 is 24.1 Å². The number of halogens is 10. The van der Waals surface area contributed by atoms with Crippen LogP contribution in [0.2, 0.25) is 5.02 Å². The van der Waals surface area contributed by atoms with E-state index in [1.165, 1.54) is 71.7 Å². The van der Waals surface area contributed by atoms with Crippen molar-refractivity contribution in [3.8, 4) is 11.5 Å². The molecule has 570 valence electrons. The summed E-state index contributed by atoms with van der Waals surface area (Å²) < 4.78 is 158. The molecule has 6 aromatic carbocycles. The lowest BCUT2D eigenvalue weighted by Gasteiger charge is -2.31. The molecule has 1 unspecified atom stereocenters. The Balaban J connectivity index is 0.000000611. The van der Waals surface area contributed by atoms with Crippen molar-refractivity contribution in [3.05, 3.63) is 194 Å². The predicted molar refractivity (Wildman–Crippen MR) is 400 cm³/mol. The molecule has 0 bridgehead atoms. The van der Waals surface area contributed by atoms with Crippen molar-refractivity contribution in [2.45, 2.75) is 273 Å². The quantitative estimate of drug-likeness (QED) is 0.0406. The monoisotopic (exact) mass is 1470 g/mol. The van der Waals surface area contributed by atoms with Crippen LogP contribution in [0.15, 0.2) is 132 Å². The molecule has 1 N–H and O–H groups in total. The van der Waals surface area contributed by atoms with Gasteiger partial charge in [-0.25, -0.2) is 34.8 Å². The van der Waals surface area contributed by atoms with Crippen molar-refractivity contribution in [3.63, 3.8) is 0 Å². The Morgan fingerprint density at radius 3 is 1.23 bits per heavy atom. The number of phenols is 1. The van der Waals surface area contributed by atoms with Crippen molar-refractivity contribution < 1.29 is 72.0 Å². The van der Waals surface area contributed by atoms with Gasteiger partial charge in [0, 0.05) is 36.9 Å². The number of hydrogen-bond acceptors (Lipinski definition) is 7. The molecule has 0 aliphatic rings. The van der Waals surface area contributed by atoms with Gasteiger partial charge in [0.15, 0.2) is 16.1 Å². The molecule has 101 heavy (non-hydrogen) atoms. The maximum atomic E-state index is 13.0. The fraction of sp³-hybridized carbons (Fsp3) is 0.566. The second-order valence-electron chi connectivity index (χ2n) is 29.2. The third-order valence-electron chi connectivity index (χ3n) is 17.5. The molecule has 18 heteroatoms. The Labute approximate surface area is 607 Å². The zero-order valence-corrected chi connectivity index (χ0v) is 66.3. The highest BCUT2D eigenvalue weighted by Gasteiger charge is 2.33. The van der Waals surface area contributed by atoms with E-state index in [0.29, 0.717) is 52.1 Å². The van der Waals surface area contributed by atoms with Gasteiger partial charge in [0.2, 0.25) is 0 Å². The zero-order chi connectivity index (χ0) is 77.8. The highest BCUT2D eigenvalue weighted by molar-refractivity contribution is 7.91. The Morgan fingerprint density at radius 2 is 0.851 bits per heavy atom. The third kappa shape index (κ3) is 34.3. The van der Waals surface area contributed by atoms with E-state index >= 15 is 0 Å². The van der Waals surface area contributed by atoms with Gasteiger partial charge in [0.05, 0.1) is 29.9 Å². The van der Waals surface area contributed by atoms with Gasteiger partial charge >= 0.3 is 6.18 Å². The van der Waals surface area contributed by atoms with E-state index in [2.05, 4.69) is 150 Å². The number of alkyl halides is 9. The van der Waals surface area contributed by atoms with Crippen LogP contribution < -0.4 is 4.74 Å². The summed E-state index contributed by atoms with van der Waals surface area (Å²) in [5.41, 5.74) is 11.1. The minimum absolute atomic E-state index is 0.0737. The predicted octanol–water partition coefficient (Wildman–Crippen LogP) is 26.3. The van der Waals surface area contributed by atoms with E-state index < -0.39 is 59.9 Å². The van der Waals surface area contributed by atoms with E-state index in [1.54, 1.807) is 37.4 Å². The summed E-state index contributed by atoms with van der Waals surface area (Å²) in [7, 11) is -1.54. The molecule has 0 aromatic heterocycles. The fourth-order valence-corrected chi connectivity index (χ4v) is 12.2. The smallest absolute Gasteiger partial charge is 0.411 e. The number of hydrogen-bond donors (Lipinski definition) is 1. The fourth-order valence-electron chi connectivity index (χ4n) is 10.3. The van der Waals surface area contributed by atoms with Crippen LogP contribution >= 0.6 is 11.6 Å². The summed E-state index contributed by atoms with van der Waals surface area (Å²) in [4.78, 5) is 0.436. The van der Waals surface area contributed by atoms with Gasteiger partial charge in [-0.15, -0.1) is 0 Å². The van der Waals surface area contributed by atoms with Crippen LogP contribution in [0.1, 0.15) is 288 Å². The van der Waals surface area contributed by atoms with Crippen LogP contribution in [0.5, 0.6) is 11.5 Å². The van der Waals surface area contributed by atoms with E-state index in [9.17, 15) is 53.0 Å². The number of benzene rings is 6. The van der Waals surface area contributed by atoms with Crippen LogP contribution in [-0.4, -0.2) is 64.2 Å². The molecule has 0 amide bonds. The Bertz CT molecular complexity index is 3390. The number of sulfone groups is 1. The number of aromatic hydroxyl groups is 1. The molecule has 6 rings (SSSR count). The first-order valence-corrected chi connectivity index (χ1v) is 37.3. The molecule has 0 saturated carbocycles. The number of methoxy groups -OCH3 is 1. The molecular weight excluding hydrogens is 1350 g/mol. The minimum atomic E-state index is -4.61. The highest BCUT2D eigenvalue weighted by Crippen LogP contribution is 2.38. The number of ether oxygens (including phenoxy) is 4. The molecule has 0 saturated heterocycles. The Kier molecular flexibility index (Phi) is 39.2. The van der Waals surface area contributed by atoms with Crippen LogP contribution in [0.25, 0.3) is 0 Å². The molecule has 0 heterocycles. The van der Waals surface area contributed by atoms with Crippen molar-refractivity contribution in [1.82, 2.24) is 0 Å². The first-order valence-electron chi connectivity index (χ1n) is 35.3. The van der Waals surface area contributed by atoms with Crippen molar-refractivity contribution in [2.75, 3.05) is 32.7 Å².